The van der Waals surface area contributed by atoms with Crippen molar-refractivity contribution >= 4 is 11.0 Å². The van der Waals surface area contributed by atoms with Crippen LogP contribution in [0.25, 0.3) is 11.0 Å². The fourth-order valence-electron chi connectivity index (χ4n) is 3.47. The molecule has 3 heterocycles. The van der Waals surface area contributed by atoms with Gasteiger partial charge in [-0.1, -0.05) is 12.1 Å². The van der Waals surface area contributed by atoms with E-state index in [0.29, 0.717) is 0 Å². The van der Waals surface area contributed by atoms with Gasteiger partial charge in [0.15, 0.2) is 0 Å². The van der Waals surface area contributed by atoms with Crippen LogP contribution < -0.4 is 0 Å². The lowest BCUT2D eigenvalue weighted by Crippen LogP contribution is -2.39. The summed E-state index contributed by atoms with van der Waals surface area (Å²) in [7, 11) is 4.12. The minimum Gasteiger partial charge on any atom is -0.368 e. The van der Waals surface area contributed by atoms with Crippen molar-refractivity contribution in [3.05, 3.63) is 47.8 Å². The molecule has 0 radical (unpaired) electrons. The summed E-state index contributed by atoms with van der Waals surface area (Å²) in [4.78, 5) is 11.8. The van der Waals surface area contributed by atoms with Gasteiger partial charge in [-0.15, -0.1) is 0 Å². The second-order valence-corrected chi connectivity index (χ2v) is 6.52. The van der Waals surface area contributed by atoms with Gasteiger partial charge in [0.05, 0.1) is 29.9 Å². The number of benzene rings is 1. The number of para-hydroxylation sites is 2. The Balaban J connectivity index is 1.54. The lowest BCUT2D eigenvalue weighted by atomic mass is 10.2. The number of fused-ring (bicyclic) bond motifs is 1. The molecule has 1 saturated heterocycles. The zero-order chi connectivity index (χ0) is 16.7. The zero-order valence-electron chi connectivity index (χ0n) is 14.4. The molecule has 0 bridgehead atoms. The van der Waals surface area contributed by atoms with Gasteiger partial charge in [0.2, 0.25) is 0 Å². The van der Waals surface area contributed by atoms with Gasteiger partial charge in [0.1, 0.15) is 17.8 Å². The number of nitrogens with zero attached hydrogens (tertiary/aromatic N) is 5. The summed E-state index contributed by atoms with van der Waals surface area (Å²) in [5, 5.41) is 0. The average molecular weight is 325 g/mol. The largest absolute Gasteiger partial charge is 0.368 e. The van der Waals surface area contributed by atoms with E-state index in [0.717, 1.165) is 49.1 Å². The molecule has 24 heavy (non-hydrogen) atoms. The summed E-state index contributed by atoms with van der Waals surface area (Å²) in [6.07, 6.45) is 2.07. The van der Waals surface area contributed by atoms with Crippen LogP contribution >= 0.6 is 0 Å². The van der Waals surface area contributed by atoms with Crippen molar-refractivity contribution in [2.45, 2.75) is 19.6 Å². The first-order chi connectivity index (χ1) is 11.6. The van der Waals surface area contributed by atoms with Crippen LogP contribution in [0.2, 0.25) is 0 Å². The Morgan fingerprint density at radius 2 is 2.04 bits per heavy atom. The maximum Gasteiger partial charge on any atom is 0.139 e. The Morgan fingerprint density at radius 1 is 1.21 bits per heavy atom. The molecule has 2 aromatic heterocycles. The normalized spacial score (nSPS) is 19.2. The van der Waals surface area contributed by atoms with Crippen LogP contribution in [0.4, 0.5) is 0 Å². The minimum absolute atomic E-state index is 0.0205. The van der Waals surface area contributed by atoms with E-state index in [9.17, 15) is 0 Å². The Labute approximate surface area is 141 Å². The van der Waals surface area contributed by atoms with Crippen LogP contribution in [0.5, 0.6) is 0 Å². The van der Waals surface area contributed by atoms with Gasteiger partial charge in [-0.05, 0) is 19.1 Å². The summed E-state index contributed by atoms with van der Waals surface area (Å²) >= 11 is 0. The second-order valence-electron chi connectivity index (χ2n) is 6.52. The SMILES string of the molecule is Cc1cn(C)c([C@@H]2CN(Cc3nc4ccccc4n3C)CCO2)n1. The monoisotopic (exact) mass is 325 g/mol. The minimum atomic E-state index is 0.0205. The molecule has 4 rings (SSSR count). The van der Waals surface area contributed by atoms with E-state index in [-0.39, 0.29) is 6.10 Å². The molecule has 0 aliphatic carbocycles. The Hall–Kier alpha value is -2.18. The summed E-state index contributed by atoms with van der Waals surface area (Å²) in [6, 6.07) is 8.28. The molecule has 6 nitrogen and oxygen atoms in total. The third-order valence-electron chi connectivity index (χ3n) is 4.72. The number of aryl methyl sites for hydroxylation is 3. The fraction of sp³-hybridized carbons (Fsp3) is 0.444. The molecule has 0 N–H and O–H groups in total. The van der Waals surface area contributed by atoms with Crippen LogP contribution in [0.15, 0.2) is 30.5 Å². The van der Waals surface area contributed by atoms with Crippen LogP contribution in [-0.2, 0) is 25.4 Å². The molecule has 0 unspecified atom stereocenters. The van der Waals surface area contributed by atoms with Crippen LogP contribution in [0, 0.1) is 6.92 Å². The van der Waals surface area contributed by atoms with Crippen molar-refractivity contribution in [2.75, 3.05) is 19.7 Å². The van der Waals surface area contributed by atoms with Crippen molar-refractivity contribution in [1.82, 2.24) is 24.0 Å². The highest BCUT2D eigenvalue weighted by Gasteiger charge is 2.26. The van der Waals surface area contributed by atoms with Crippen molar-refractivity contribution in [1.29, 1.82) is 0 Å². The number of rotatable bonds is 3. The van der Waals surface area contributed by atoms with E-state index in [1.165, 1.54) is 5.52 Å². The standard InChI is InChI=1S/C18H23N5O/c1-13-10-21(2)18(19-13)16-11-23(8-9-24-16)12-17-20-14-6-4-5-7-15(14)22(17)3/h4-7,10,16H,8-9,11-12H2,1-3H3/t16-/m0/s1. The van der Waals surface area contributed by atoms with Crippen molar-refractivity contribution in [3.63, 3.8) is 0 Å². The van der Waals surface area contributed by atoms with Crippen LogP contribution in [-0.4, -0.2) is 43.7 Å². The van der Waals surface area contributed by atoms with Crippen LogP contribution in [0.1, 0.15) is 23.4 Å². The predicted octanol–water partition coefficient (Wildman–Crippen LogP) is 2.19. The van der Waals surface area contributed by atoms with Gasteiger partial charge in [-0.3, -0.25) is 4.90 Å². The van der Waals surface area contributed by atoms with E-state index >= 15 is 0 Å². The van der Waals surface area contributed by atoms with Crippen molar-refractivity contribution < 1.29 is 4.74 Å². The number of imidazole rings is 2. The first-order valence-corrected chi connectivity index (χ1v) is 8.36. The summed E-state index contributed by atoms with van der Waals surface area (Å²) in [5.74, 6) is 2.09. The Bertz CT molecular complexity index is 866. The van der Waals surface area contributed by atoms with Gasteiger partial charge in [-0.25, -0.2) is 9.97 Å². The smallest absolute Gasteiger partial charge is 0.139 e. The average Bonchev–Trinajstić information content (AvgIpc) is 3.08. The molecule has 1 aliphatic rings. The molecule has 0 saturated carbocycles. The molecule has 6 heteroatoms. The molecular formula is C18H23N5O. The topological polar surface area (TPSA) is 48.1 Å². The van der Waals surface area contributed by atoms with E-state index in [1.54, 1.807) is 0 Å². The lowest BCUT2D eigenvalue weighted by molar-refractivity contribution is -0.0393. The molecule has 0 spiro atoms. The highest BCUT2D eigenvalue weighted by Crippen LogP contribution is 2.23. The second kappa shape index (κ2) is 6.03. The molecule has 1 atom stereocenters. The van der Waals surface area contributed by atoms with Crippen molar-refractivity contribution in [2.24, 2.45) is 14.1 Å². The van der Waals surface area contributed by atoms with E-state index in [1.807, 2.05) is 26.2 Å². The number of hydrogen-bond donors (Lipinski definition) is 0. The highest BCUT2D eigenvalue weighted by atomic mass is 16.5. The lowest BCUT2D eigenvalue weighted by Gasteiger charge is -2.32. The van der Waals surface area contributed by atoms with Gasteiger partial charge in [-0.2, -0.15) is 0 Å². The van der Waals surface area contributed by atoms with E-state index < -0.39 is 0 Å². The quantitative estimate of drug-likeness (QED) is 0.741. The predicted molar refractivity (Wildman–Crippen MR) is 92.6 cm³/mol. The fourth-order valence-corrected chi connectivity index (χ4v) is 3.47. The third-order valence-corrected chi connectivity index (χ3v) is 4.72. The molecular weight excluding hydrogens is 302 g/mol. The van der Waals surface area contributed by atoms with Gasteiger partial charge < -0.3 is 13.9 Å². The highest BCUT2D eigenvalue weighted by molar-refractivity contribution is 5.75. The Kier molecular flexibility index (Phi) is 3.86. The van der Waals surface area contributed by atoms with E-state index in [2.05, 4.69) is 44.3 Å². The molecule has 0 amide bonds. The molecule has 1 fully saturated rings. The first kappa shape index (κ1) is 15.4. The van der Waals surface area contributed by atoms with Gasteiger partial charge >= 0.3 is 0 Å². The number of hydrogen-bond acceptors (Lipinski definition) is 4. The summed E-state index contributed by atoms with van der Waals surface area (Å²) in [6.45, 7) is 5.33. The maximum absolute atomic E-state index is 5.96. The number of ether oxygens (including phenoxy) is 1. The zero-order valence-corrected chi connectivity index (χ0v) is 14.4. The molecule has 126 valence electrons. The summed E-state index contributed by atoms with van der Waals surface area (Å²) < 4.78 is 10.2. The molecule has 3 aromatic rings. The van der Waals surface area contributed by atoms with Gasteiger partial charge in [0, 0.05) is 33.4 Å². The van der Waals surface area contributed by atoms with Crippen molar-refractivity contribution in [3.8, 4) is 0 Å². The number of morpholine rings is 1. The molecule has 1 aliphatic heterocycles. The Morgan fingerprint density at radius 3 is 2.79 bits per heavy atom. The van der Waals surface area contributed by atoms with Gasteiger partial charge in [0.25, 0.3) is 0 Å². The van der Waals surface area contributed by atoms with E-state index in [4.69, 9.17) is 9.72 Å². The van der Waals surface area contributed by atoms with Crippen LogP contribution in [0.3, 0.4) is 0 Å². The summed E-state index contributed by atoms with van der Waals surface area (Å²) in [5.41, 5.74) is 3.26. The number of aromatic nitrogens is 4. The third kappa shape index (κ3) is 2.72. The maximum atomic E-state index is 5.96. The first-order valence-electron chi connectivity index (χ1n) is 8.36. The molecule has 1 aromatic carbocycles.